The van der Waals surface area contributed by atoms with Gasteiger partial charge in [0.1, 0.15) is 0 Å². The summed E-state index contributed by atoms with van der Waals surface area (Å²) < 4.78 is 0. The Morgan fingerprint density at radius 2 is 0.559 bits per heavy atom. The SMILES string of the molecule is Cc1cc2c3c(cc4c(C)cc5c6c(cc1c3c46)B1c3ccc(-c4ccccc4)cc3-c3cc(-c4ccccc4)cc-5c31)B1c3ccc(-c4ccccc4)cc3-c3cc(-c4ccccc4)cc-2c31. The molecule has 0 spiro atoms. The second-order valence-electron chi connectivity index (χ2n) is 19.9. The Morgan fingerprint density at radius 1 is 0.235 bits per heavy atom. The van der Waals surface area contributed by atoms with E-state index < -0.39 is 0 Å². The van der Waals surface area contributed by atoms with Crippen LogP contribution in [0.5, 0.6) is 0 Å². The molecule has 310 valence electrons. The molecule has 0 bridgehead atoms. The summed E-state index contributed by atoms with van der Waals surface area (Å²) in [6.45, 7) is 5.02. The van der Waals surface area contributed by atoms with Gasteiger partial charge in [-0.1, -0.05) is 203 Å². The van der Waals surface area contributed by atoms with Gasteiger partial charge in [0.2, 0.25) is 13.4 Å². The molecule has 4 aliphatic rings. The topological polar surface area (TPSA) is 0 Å². The van der Waals surface area contributed by atoms with E-state index in [1.807, 2.05) is 0 Å². The molecule has 12 aromatic carbocycles. The minimum atomic E-state index is 0.134. The van der Waals surface area contributed by atoms with Crippen molar-refractivity contribution in [1.82, 2.24) is 0 Å². The van der Waals surface area contributed by atoms with E-state index in [1.165, 1.54) is 165 Å². The second kappa shape index (κ2) is 13.2. The van der Waals surface area contributed by atoms with Gasteiger partial charge in [0.05, 0.1) is 0 Å². The molecule has 0 nitrogen and oxygen atoms in total. The van der Waals surface area contributed by atoms with Gasteiger partial charge < -0.3 is 0 Å². The summed E-state index contributed by atoms with van der Waals surface area (Å²) >= 11 is 0. The maximum Gasteiger partial charge on any atom is 0.244 e. The zero-order valence-corrected chi connectivity index (χ0v) is 37.8. The normalized spacial score (nSPS) is 13.1. The molecule has 0 aromatic heterocycles. The van der Waals surface area contributed by atoms with Crippen LogP contribution < -0.4 is 32.8 Å². The smallest absolute Gasteiger partial charge is 0.0657 e. The van der Waals surface area contributed by atoms with E-state index in [4.69, 9.17) is 0 Å². The van der Waals surface area contributed by atoms with E-state index >= 15 is 0 Å². The maximum atomic E-state index is 2.64. The lowest BCUT2D eigenvalue weighted by atomic mass is 9.34. The molecular formula is C66H40B2. The van der Waals surface area contributed by atoms with Gasteiger partial charge >= 0.3 is 0 Å². The zero-order chi connectivity index (χ0) is 44.5. The Labute approximate surface area is 396 Å². The molecule has 0 N–H and O–H groups in total. The average Bonchev–Trinajstić information content (AvgIpc) is 3.91. The van der Waals surface area contributed by atoms with Crippen molar-refractivity contribution in [2.45, 2.75) is 13.8 Å². The van der Waals surface area contributed by atoms with Crippen molar-refractivity contribution in [3.8, 4) is 89.0 Å². The van der Waals surface area contributed by atoms with Crippen LogP contribution in [-0.2, 0) is 0 Å². The van der Waals surface area contributed by atoms with Crippen LogP contribution in [0.4, 0.5) is 0 Å². The molecule has 0 radical (unpaired) electrons. The molecule has 16 rings (SSSR count). The van der Waals surface area contributed by atoms with Crippen molar-refractivity contribution < 1.29 is 0 Å². The predicted octanol–water partition coefficient (Wildman–Crippen LogP) is 12.8. The van der Waals surface area contributed by atoms with E-state index in [2.05, 4.69) is 220 Å². The fourth-order valence-electron chi connectivity index (χ4n) is 13.6. The molecule has 0 saturated carbocycles. The third-order valence-electron chi connectivity index (χ3n) is 16.5. The molecule has 0 atom stereocenters. The Morgan fingerprint density at radius 3 is 0.926 bits per heavy atom. The Balaban J connectivity index is 1.02. The van der Waals surface area contributed by atoms with E-state index in [0.29, 0.717) is 0 Å². The largest absolute Gasteiger partial charge is 0.244 e. The van der Waals surface area contributed by atoms with Crippen molar-refractivity contribution in [2.75, 3.05) is 0 Å². The lowest BCUT2D eigenvalue weighted by Crippen LogP contribution is -2.53. The maximum absolute atomic E-state index is 2.64. The quantitative estimate of drug-likeness (QED) is 0.122. The van der Waals surface area contributed by atoms with Crippen molar-refractivity contribution in [1.29, 1.82) is 0 Å². The summed E-state index contributed by atoms with van der Waals surface area (Å²) in [6, 6.07) is 78.8. The van der Waals surface area contributed by atoms with Crippen LogP contribution in [0.25, 0.3) is 121 Å². The number of benzene rings is 12. The van der Waals surface area contributed by atoms with Crippen molar-refractivity contribution >= 4 is 78.5 Å². The fraction of sp³-hybridized carbons (Fsp3) is 0.0303. The third-order valence-corrected chi connectivity index (χ3v) is 16.5. The third kappa shape index (κ3) is 4.77. The Hall–Kier alpha value is -8.19. The van der Waals surface area contributed by atoms with Gasteiger partial charge in [0.15, 0.2) is 0 Å². The molecule has 12 aromatic rings. The average molecular weight is 855 g/mol. The first-order valence-electron chi connectivity index (χ1n) is 24.2. The summed E-state index contributed by atoms with van der Waals surface area (Å²) in [5.74, 6) is 0. The predicted molar refractivity (Wildman–Crippen MR) is 292 cm³/mol. The number of aryl methyl sites for hydroxylation is 2. The second-order valence-corrected chi connectivity index (χ2v) is 19.9. The summed E-state index contributed by atoms with van der Waals surface area (Å²) in [5, 5.41) is 8.50. The van der Waals surface area contributed by atoms with E-state index in [9.17, 15) is 0 Å². The van der Waals surface area contributed by atoms with E-state index in [-0.39, 0.29) is 13.4 Å². The van der Waals surface area contributed by atoms with E-state index in [0.717, 1.165) is 0 Å². The van der Waals surface area contributed by atoms with Gasteiger partial charge in [-0.3, -0.25) is 0 Å². The molecule has 0 unspecified atom stereocenters. The molecule has 0 aliphatic carbocycles. The molecule has 0 fully saturated rings. The Bertz CT molecular complexity index is 3920. The molecule has 4 heterocycles. The van der Waals surface area contributed by atoms with Crippen LogP contribution in [0.15, 0.2) is 206 Å². The molecule has 0 saturated heterocycles. The highest BCUT2D eigenvalue weighted by Gasteiger charge is 2.45. The summed E-state index contributed by atoms with van der Waals surface area (Å²) in [7, 11) is 0. The highest BCUT2D eigenvalue weighted by molar-refractivity contribution is 7.03. The molecule has 68 heavy (non-hydrogen) atoms. The fourth-order valence-corrected chi connectivity index (χ4v) is 13.6. The zero-order valence-electron chi connectivity index (χ0n) is 37.8. The molecular weight excluding hydrogens is 814 g/mol. The highest BCUT2D eigenvalue weighted by Crippen LogP contribution is 2.49. The lowest BCUT2D eigenvalue weighted by Gasteiger charge is -2.32. The van der Waals surface area contributed by atoms with Crippen LogP contribution in [0.3, 0.4) is 0 Å². The van der Waals surface area contributed by atoms with Crippen LogP contribution in [0, 0.1) is 13.8 Å². The minimum absolute atomic E-state index is 0.134. The van der Waals surface area contributed by atoms with Crippen molar-refractivity contribution in [3.05, 3.63) is 217 Å². The number of hydrogen-bond donors (Lipinski definition) is 0. The molecule has 2 heteroatoms. The van der Waals surface area contributed by atoms with Gasteiger partial charge in [0, 0.05) is 0 Å². The van der Waals surface area contributed by atoms with Gasteiger partial charge in [-0.15, -0.1) is 0 Å². The highest BCUT2D eigenvalue weighted by atomic mass is 14.3. The van der Waals surface area contributed by atoms with Gasteiger partial charge in [0.25, 0.3) is 0 Å². The summed E-state index contributed by atoms with van der Waals surface area (Å²) in [5.41, 5.74) is 32.4. The van der Waals surface area contributed by atoms with Crippen molar-refractivity contribution in [2.24, 2.45) is 0 Å². The summed E-state index contributed by atoms with van der Waals surface area (Å²) in [6.07, 6.45) is 0. The molecule has 0 amide bonds. The van der Waals surface area contributed by atoms with Gasteiger partial charge in [-0.25, -0.2) is 0 Å². The van der Waals surface area contributed by atoms with Crippen LogP contribution in [0.1, 0.15) is 11.1 Å². The number of fused-ring (bicyclic) bond motifs is 10. The minimum Gasteiger partial charge on any atom is -0.0657 e. The van der Waals surface area contributed by atoms with E-state index in [1.54, 1.807) is 0 Å². The standard InChI is InChI=1S/C66H40B2/c1-37-27-51-55-33-45(41-19-11-5-12-20-41)31-53-49-29-44(40-17-9-4-10-18-40)24-26-58(49)68(65(53)55)60-36-48-38(2)28-52-56-34-46(42-21-13-6-14-22-42)32-54-50-30-43(39-15-7-3-8-16-39)23-25-57(50)67(66(54)56)59-35-47(37)63(61(51)60)64(48)62(52)59/h3-36H,1-2H3. The molecule has 4 aliphatic heterocycles. The first-order chi connectivity index (χ1) is 33.6. The first-order valence-corrected chi connectivity index (χ1v) is 24.2. The lowest BCUT2D eigenvalue weighted by molar-refractivity contribution is 1.52. The Kier molecular flexibility index (Phi) is 7.20. The van der Waals surface area contributed by atoms with Crippen LogP contribution in [-0.4, -0.2) is 13.4 Å². The van der Waals surface area contributed by atoms with Gasteiger partial charge in [-0.2, -0.15) is 0 Å². The van der Waals surface area contributed by atoms with Crippen molar-refractivity contribution in [3.63, 3.8) is 0 Å². The van der Waals surface area contributed by atoms with Crippen LogP contribution >= 0.6 is 0 Å². The number of rotatable bonds is 4. The monoisotopic (exact) mass is 854 g/mol. The first kappa shape index (κ1) is 37.0. The summed E-state index contributed by atoms with van der Waals surface area (Å²) in [4.78, 5) is 0. The van der Waals surface area contributed by atoms with Crippen LogP contribution in [0.2, 0.25) is 0 Å². The van der Waals surface area contributed by atoms with Gasteiger partial charge in [-0.05, 0) is 183 Å². The number of hydrogen-bond acceptors (Lipinski definition) is 0.